The van der Waals surface area contributed by atoms with E-state index in [4.69, 9.17) is 4.98 Å². The zero-order chi connectivity index (χ0) is 14.8. The normalized spacial score (nSPS) is 16.0. The number of hydrogen-bond donors (Lipinski definition) is 1. The van der Waals surface area contributed by atoms with Crippen LogP contribution in [0.3, 0.4) is 0 Å². The zero-order valence-electron chi connectivity index (χ0n) is 12.4. The van der Waals surface area contributed by atoms with E-state index in [2.05, 4.69) is 21.6 Å². The first kappa shape index (κ1) is 13.3. The maximum absolute atomic E-state index is 4.75. The van der Waals surface area contributed by atoms with E-state index >= 15 is 0 Å². The number of nitrogens with one attached hydrogen (secondary N) is 1. The SMILES string of the molecule is c1cc(NN2CCCCC2)nc(-c2cnn3ccccc23)c1. The third-order valence-corrected chi connectivity index (χ3v) is 4.08. The van der Waals surface area contributed by atoms with Crippen molar-refractivity contribution >= 4 is 11.3 Å². The molecular formula is C17H19N5. The largest absolute Gasteiger partial charge is 0.303 e. The molecule has 22 heavy (non-hydrogen) atoms. The van der Waals surface area contributed by atoms with E-state index in [1.807, 2.05) is 47.2 Å². The van der Waals surface area contributed by atoms with Gasteiger partial charge in [-0.25, -0.2) is 14.5 Å². The van der Waals surface area contributed by atoms with Crippen molar-refractivity contribution in [2.24, 2.45) is 0 Å². The van der Waals surface area contributed by atoms with Crippen LogP contribution in [0, 0.1) is 0 Å². The lowest BCUT2D eigenvalue weighted by Gasteiger charge is -2.27. The van der Waals surface area contributed by atoms with Gasteiger partial charge in [-0.2, -0.15) is 5.10 Å². The van der Waals surface area contributed by atoms with Gasteiger partial charge in [0, 0.05) is 24.8 Å². The van der Waals surface area contributed by atoms with Crippen molar-refractivity contribution in [3.8, 4) is 11.3 Å². The Labute approximate surface area is 129 Å². The third kappa shape index (κ3) is 2.55. The van der Waals surface area contributed by atoms with Gasteiger partial charge in [0.25, 0.3) is 0 Å². The number of anilines is 1. The lowest BCUT2D eigenvalue weighted by molar-refractivity contribution is 0.272. The van der Waals surface area contributed by atoms with Crippen molar-refractivity contribution in [3.05, 3.63) is 48.8 Å². The summed E-state index contributed by atoms with van der Waals surface area (Å²) >= 11 is 0. The van der Waals surface area contributed by atoms with E-state index in [1.54, 1.807) is 0 Å². The monoisotopic (exact) mass is 293 g/mol. The molecule has 1 saturated heterocycles. The van der Waals surface area contributed by atoms with E-state index in [-0.39, 0.29) is 0 Å². The van der Waals surface area contributed by atoms with Crippen molar-refractivity contribution in [2.45, 2.75) is 19.3 Å². The fourth-order valence-corrected chi connectivity index (χ4v) is 2.95. The van der Waals surface area contributed by atoms with Crippen LogP contribution >= 0.6 is 0 Å². The van der Waals surface area contributed by atoms with Crippen molar-refractivity contribution < 1.29 is 0 Å². The zero-order valence-corrected chi connectivity index (χ0v) is 12.4. The highest BCUT2D eigenvalue weighted by atomic mass is 15.5. The molecule has 0 radical (unpaired) electrons. The number of aromatic nitrogens is 3. The first-order valence-electron chi connectivity index (χ1n) is 7.81. The van der Waals surface area contributed by atoms with Crippen LogP contribution in [0.15, 0.2) is 48.8 Å². The molecule has 0 saturated carbocycles. The lowest BCUT2D eigenvalue weighted by atomic mass is 10.2. The molecule has 5 heteroatoms. The van der Waals surface area contributed by atoms with Gasteiger partial charge in [-0.1, -0.05) is 18.6 Å². The number of nitrogens with zero attached hydrogens (tertiary/aromatic N) is 4. The molecule has 0 bridgehead atoms. The minimum Gasteiger partial charge on any atom is -0.303 e. The minimum absolute atomic E-state index is 0.898. The van der Waals surface area contributed by atoms with Gasteiger partial charge in [-0.05, 0) is 37.1 Å². The van der Waals surface area contributed by atoms with Crippen LogP contribution in [0.1, 0.15) is 19.3 Å². The minimum atomic E-state index is 0.898. The van der Waals surface area contributed by atoms with Gasteiger partial charge in [-0.15, -0.1) is 0 Å². The average molecular weight is 293 g/mol. The number of rotatable bonds is 3. The fourth-order valence-electron chi connectivity index (χ4n) is 2.95. The summed E-state index contributed by atoms with van der Waals surface area (Å²) in [4.78, 5) is 4.75. The number of pyridine rings is 2. The first-order chi connectivity index (χ1) is 10.9. The number of fused-ring (bicyclic) bond motifs is 1. The molecule has 1 aliphatic rings. The Morgan fingerprint density at radius 2 is 1.86 bits per heavy atom. The highest BCUT2D eigenvalue weighted by molar-refractivity contribution is 5.78. The van der Waals surface area contributed by atoms with Gasteiger partial charge >= 0.3 is 0 Å². The maximum atomic E-state index is 4.75. The average Bonchev–Trinajstić information content (AvgIpc) is 3.00. The highest BCUT2D eigenvalue weighted by Gasteiger charge is 2.12. The lowest BCUT2D eigenvalue weighted by Crippen LogP contribution is -2.35. The molecule has 3 aromatic heterocycles. The van der Waals surface area contributed by atoms with Gasteiger partial charge < -0.3 is 5.43 Å². The molecule has 0 spiro atoms. The number of piperidine rings is 1. The topological polar surface area (TPSA) is 45.5 Å². The smallest absolute Gasteiger partial charge is 0.141 e. The Hall–Kier alpha value is -2.40. The Bertz CT molecular complexity index is 773. The van der Waals surface area contributed by atoms with Gasteiger partial charge in [0.2, 0.25) is 0 Å². The second kappa shape index (κ2) is 5.77. The molecule has 1 aliphatic heterocycles. The van der Waals surface area contributed by atoms with Crippen molar-refractivity contribution in [2.75, 3.05) is 18.5 Å². The summed E-state index contributed by atoms with van der Waals surface area (Å²) in [5.74, 6) is 0.898. The highest BCUT2D eigenvalue weighted by Crippen LogP contribution is 2.24. The molecule has 0 atom stereocenters. The predicted octanol–water partition coefficient (Wildman–Crippen LogP) is 3.21. The summed E-state index contributed by atoms with van der Waals surface area (Å²) in [7, 11) is 0. The molecule has 112 valence electrons. The van der Waals surface area contributed by atoms with Crippen molar-refractivity contribution in [1.29, 1.82) is 0 Å². The first-order valence-corrected chi connectivity index (χ1v) is 7.81. The molecule has 5 nitrogen and oxygen atoms in total. The summed E-state index contributed by atoms with van der Waals surface area (Å²) in [5, 5.41) is 6.64. The van der Waals surface area contributed by atoms with Gasteiger partial charge in [-0.3, -0.25) is 0 Å². The summed E-state index contributed by atoms with van der Waals surface area (Å²) in [6, 6.07) is 12.2. The van der Waals surface area contributed by atoms with Crippen molar-refractivity contribution in [1.82, 2.24) is 19.6 Å². The van der Waals surface area contributed by atoms with Gasteiger partial charge in [0.05, 0.1) is 17.4 Å². The molecule has 4 rings (SSSR count). The van der Waals surface area contributed by atoms with Crippen LogP contribution in [0.4, 0.5) is 5.82 Å². The summed E-state index contributed by atoms with van der Waals surface area (Å²) < 4.78 is 1.88. The quantitative estimate of drug-likeness (QED) is 0.805. The third-order valence-electron chi connectivity index (χ3n) is 4.08. The Morgan fingerprint density at radius 1 is 0.955 bits per heavy atom. The van der Waals surface area contributed by atoms with Gasteiger partial charge in [0.1, 0.15) is 5.82 Å². The molecule has 4 heterocycles. The Morgan fingerprint density at radius 3 is 2.77 bits per heavy atom. The summed E-state index contributed by atoms with van der Waals surface area (Å²) in [6.45, 7) is 2.17. The number of hydrazine groups is 1. The summed E-state index contributed by atoms with van der Waals surface area (Å²) in [5.41, 5.74) is 6.51. The van der Waals surface area contributed by atoms with E-state index in [0.717, 1.165) is 35.7 Å². The fraction of sp³-hybridized carbons (Fsp3) is 0.294. The van der Waals surface area contributed by atoms with Crippen LogP contribution in [-0.4, -0.2) is 32.7 Å². The molecule has 0 unspecified atom stereocenters. The molecular weight excluding hydrogens is 274 g/mol. The molecule has 1 N–H and O–H groups in total. The molecule has 0 aromatic carbocycles. The summed E-state index contributed by atoms with van der Waals surface area (Å²) in [6.07, 6.45) is 7.66. The van der Waals surface area contributed by atoms with E-state index in [1.165, 1.54) is 19.3 Å². The van der Waals surface area contributed by atoms with Crippen molar-refractivity contribution in [3.63, 3.8) is 0 Å². The standard InChI is InChI=1S/C17H19N5/c1-3-10-21(11-4-1)20-17-9-6-7-15(19-17)14-13-18-22-12-5-2-8-16(14)22/h2,5-9,12-13H,1,3-4,10-11H2,(H,19,20). The Kier molecular flexibility index (Phi) is 3.48. The number of hydrogen-bond acceptors (Lipinski definition) is 4. The van der Waals surface area contributed by atoms with E-state index in [0.29, 0.717) is 0 Å². The molecule has 0 aliphatic carbocycles. The second-order valence-corrected chi connectivity index (χ2v) is 5.66. The maximum Gasteiger partial charge on any atom is 0.141 e. The molecule has 3 aromatic rings. The van der Waals surface area contributed by atoms with E-state index in [9.17, 15) is 0 Å². The van der Waals surface area contributed by atoms with Crippen LogP contribution in [0.5, 0.6) is 0 Å². The molecule has 0 amide bonds. The van der Waals surface area contributed by atoms with Crippen LogP contribution in [-0.2, 0) is 0 Å². The van der Waals surface area contributed by atoms with Crippen LogP contribution < -0.4 is 5.43 Å². The van der Waals surface area contributed by atoms with Crippen LogP contribution in [0.25, 0.3) is 16.8 Å². The van der Waals surface area contributed by atoms with Crippen LogP contribution in [0.2, 0.25) is 0 Å². The molecule has 1 fully saturated rings. The Balaban J connectivity index is 1.63. The second-order valence-electron chi connectivity index (χ2n) is 5.66. The predicted molar refractivity (Wildman–Crippen MR) is 87.5 cm³/mol. The van der Waals surface area contributed by atoms with Gasteiger partial charge in [0.15, 0.2) is 0 Å². The van der Waals surface area contributed by atoms with E-state index < -0.39 is 0 Å².